The monoisotopic (exact) mass is 448 g/mol. The molecule has 33 heavy (non-hydrogen) atoms. The molecule has 0 radical (unpaired) electrons. The van der Waals surface area contributed by atoms with E-state index < -0.39 is 0 Å². The maximum Gasteiger partial charge on any atom is 0.317 e. The van der Waals surface area contributed by atoms with Gasteiger partial charge in [-0.25, -0.2) is 9.97 Å². The summed E-state index contributed by atoms with van der Waals surface area (Å²) in [5.74, 6) is 0. The number of nitrogens with zero attached hydrogens (tertiary/aromatic N) is 4. The molecule has 0 spiro atoms. The number of hydrogen-bond donors (Lipinski definition) is 0. The molecule has 0 saturated heterocycles. The standard InChI is InChI=1S/C26H16N4O2S/c31-26-24-23(27-16-30(26)28-15-19-12-7-13-33-19)22-20(17-8-3-1-4-9-17)14-21(29-25(22)32-24)18-10-5-2-6-11-18/h1-16H. The van der Waals surface area contributed by atoms with Crippen LogP contribution in [-0.4, -0.2) is 20.9 Å². The molecule has 0 aliphatic rings. The van der Waals surface area contributed by atoms with E-state index in [9.17, 15) is 4.79 Å². The highest BCUT2D eigenvalue weighted by Crippen LogP contribution is 2.36. The van der Waals surface area contributed by atoms with Crippen LogP contribution in [0.25, 0.3) is 44.6 Å². The molecule has 158 valence electrons. The highest BCUT2D eigenvalue weighted by Gasteiger charge is 2.20. The van der Waals surface area contributed by atoms with E-state index in [1.807, 2.05) is 84.2 Å². The van der Waals surface area contributed by atoms with Gasteiger partial charge in [0.1, 0.15) is 11.8 Å². The molecule has 6 aromatic rings. The first-order valence-corrected chi connectivity index (χ1v) is 11.2. The lowest BCUT2D eigenvalue weighted by molar-refractivity contribution is 0.637. The van der Waals surface area contributed by atoms with Gasteiger partial charge in [0.2, 0.25) is 11.3 Å². The zero-order valence-electron chi connectivity index (χ0n) is 17.3. The number of furan rings is 1. The summed E-state index contributed by atoms with van der Waals surface area (Å²) in [5.41, 5.74) is 4.21. The molecule has 0 aliphatic carbocycles. The van der Waals surface area contributed by atoms with Crippen molar-refractivity contribution in [3.8, 4) is 22.4 Å². The van der Waals surface area contributed by atoms with Crippen LogP contribution in [-0.2, 0) is 0 Å². The second-order valence-corrected chi connectivity index (χ2v) is 8.38. The van der Waals surface area contributed by atoms with E-state index in [0.717, 1.165) is 27.3 Å². The molecule has 0 aliphatic heterocycles. The number of fused-ring (bicyclic) bond motifs is 3. The number of pyridine rings is 1. The van der Waals surface area contributed by atoms with Crippen molar-refractivity contribution in [2.75, 3.05) is 0 Å². The summed E-state index contributed by atoms with van der Waals surface area (Å²) in [6.45, 7) is 0. The first-order valence-electron chi connectivity index (χ1n) is 10.3. The van der Waals surface area contributed by atoms with Crippen molar-refractivity contribution in [2.45, 2.75) is 0 Å². The van der Waals surface area contributed by atoms with Crippen LogP contribution in [0.5, 0.6) is 0 Å². The predicted octanol–water partition coefficient (Wildman–Crippen LogP) is 5.82. The summed E-state index contributed by atoms with van der Waals surface area (Å²) in [6, 6.07) is 25.7. The largest absolute Gasteiger partial charge is 0.430 e. The molecule has 2 aromatic carbocycles. The lowest BCUT2D eigenvalue weighted by Gasteiger charge is -2.07. The zero-order chi connectivity index (χ0) is 22.2. The summed E-state index contributed by atoms with van der Waals surface area (Å²) in [4.78, 5) is 23.4. The highest BCUT2D eigenvalue weighted by atomic mass is 32.1. The fourth-order valence-corrected chi connectivity index (χ4v) is 4.37. The summed E-state index contributed by atoms with van der Waals surface area (Å²) in [6.07, 6.45) is 3.05. The SMILES string of the molecule is O=c1c2oc3nc(-c4ccccc4)cc(-c4ccccc4)c3c2ncn1N=Cc1cccs1. The molecule has 0 unspecified atom stereocenters. The van der Waals surface area contributed by atoms with Crippen molar-refractivity contribution < 1.29 is 4.42 Å². The Hall–Kier alpha value is -4.36. The van der Waals surface area contributed by atoms with Crippen LogP contribution in [0.3, 0.4) is 0 Å². The molecular weight excluding hydrogens is 432 g/mol. The molecule has 6 rings (SSSR count). The van der Waals surface area contributed by atoms with Crippen molar-refractivity contribution in [1.29, 1.82) is 0 Å². The zero-order valence-corrected chi connectivity index (χ0v) is 18.1. The van der Waals surface area contributed by atoms with E-state index in [2.05, 4.69) is 10.1 Å². The Morgan fingerprint density at radius 1 is 0.939 bits per heavy atom. The summed E-state index contributed by atoms with van der Waals surface area (Å²) >= 11 is 1.54. The van der Waals surface area contributed by atoms with Gasteiger partial charge in [0.15, 0.2) is 0 Å². The van der Waals surface area contributed by atoms with Gasteiger partial charge in [-0.2, -0.15) is 9.78 Å². The Bertz CT molecular complexity index is 1670. The van der Waals surface area contributed by atoms with Crippen LogP contribution in [0.15, 0.2) is 105 Å². The Morgan fingerprint density at radius 2 is 1.70 bits per heavy atom. The van der Waals surface area contributed by atoms with Gasteiger partial charge in [-0.15, -0.1) is 11.3 Å². The number of rotatable bonds is 4. The van der Waals surface area contributed by atoms with Crippen LogP contribution >= 0.6 is 11.3 Å². The molecule has 0 amide bonds. The van der Waals surface area contributed by atoms with Gasteiger partial charge in [0.25, 0.3) is 0 Å². The number of aromatic nitrogens is 3. The first-order chi connectivity index (χ1) is 16.3. The van der Waals surface area contributed by atoms with Crippen LogP contribution < -0.4 is 5.56 Å². The van der Waals surface area contributed by atoms with Crippen molar-refractivity contribution >= 4 is 39.8 Å². The van der Waals surface area contributed by atoms with Crippen LogP contribution in [0.2, 0.25) is 0 Å². The second kappa shape index (κ2) is 7.96. The van der Waals surface area contributed by atoms with Gasteiger partial charge in [0.05, 0.1) is 17.3 Å². The third-order valence-corrected chi connectivity index (χ3v) is 6.15. The Balaban J connectivity index is 1.61. The summed E-state index contributed by atoms with van der Waals surface area (Å²) in [5, 5.41) is 6.92. The Morgan fingerprint density at radius 3 is 2.42 bits per heavy atom. The maximum atomic E-state index is 13.2. The van der Waals surface area contributed by atoms with Crippen molar-refractivity contribution in [3.63, 3.8) is 0 Å². The van der Waals surface area contributed by atoms with Gasteiger partial charge in [-0.05, 0) is 28.6 Å². The van der Waals surface area contributed by atoms with Crippen LogP contribution in [0.1, 0.15) is 4.88 Å². The molecule has 4 aromatic heterocycles. The maximum absolute atomic E-state index is 13.2. The van der Waals surface area contributed by atoms with Crippen LogP contribution in [0, 0.1) is 0 Å². The lowest BCUT2D eigenvalue weighted by atomic mass is 10.00. The van der Waals surface area contributed by atoms with E-state index in [1.54, 1.807) is 6.21 Å². The van der Waals surface area contributed by atoms with E-state index in [4.69, 9.17) is 9.40 Å². The van der Waals surface area contributed by atoms with Gasteiger partial charge < -0.3 is 4.42 Å². The van der Waals surface area contributed by atoms with Crippen molar-refractivity contribution in [2.24, 2.45) is 5.10 Å². The van der Waals surface area contributed by atoms with Crippen molar-refractivity contribution in [3.05, 3.63) is 106 Å². The summed E-state index contributed by atoms with van der Waals surface area (Å²) in [7, 11) is 0. The quantitative estimate of drug-likeness (QED) is 0.319. The number of hydrogen-bond acceptors (Lipinski definition) is 6. The minimum atomic E-state index is -0.383. The highest BCUT2D eigenvalue weighted by molar-refractivity contribution is 7.11. The van der Waals surface area contributed by atoms with E-state index in [-0.39, 0.29) is 11.1 Å². The average molecular weight is 449 g/mol. The number of benzene rings is 2. The van der Waals surface area contributed by atoms with E-state index >= 15 is 0 Å². The smallest absolute Gasteiger partial charge is 0.317 e. The predicted molar refractivity (Wildman–Crippen MR) is 132 cm³/mol. The topological polar surface area (TPSA) is 73.3 Å². The molecule has 0 atom stereocenters. The first kappa shape index (κ1) is 19.3. The van der Waals surface area contributed by atoms with Gasteiger partial charge in [-0.1, -0.05) is 66.7 Å². The normalized spacial score (nSPS) is 11.6. The lowest BCUT2D eigenvalue weighted by Crippen LogP contribution is -2.16. The number of thiophene rings is 1. The van der Waals surface area contributed by atoms with E-state index in [1.165, 1.54) is 22.3 Å². The van der Waals surface area contributed by atoms with Crippen molar-refractivity contribution in [1.82, 2.24) is 14.6 Å². The third kappa shape index (κ3) is 3.44. The molecule has 0 fully saturated rings. The molecule has 0 bridgehead atoms. The third-order valence-electron chi connectivity index (χ3n) is 5.34. The molecule has 7 heteroatoms. The van der Waals surface area contributed by atoms with Gasteiger partial charge >= 0.3 is 5.56 Å². The Kier molecular flexibility index (Phi) is 4.66. The molecule has 0 N–H and O–H groups in total. The van der Waals surface area contributed by atoms with Crippen LogP contribution in [0.4, 0.5) is 0 Å². The van der Waals surface area contributed by atoms with Gasteiger partial charge in [-0.3, -0.25) is 4.79 Å². The molecular formula is C26H16N4O2S. The minimum absolute atomic E-state index is 0.130. The molecule has 6 nitrogen and oxygen atoms in total. The fraction of sp³-hybridized carbons (Fsp3) is 0. The second-order valence-electron chi connectivity index (χ2n) is 7.40. The molecule has 4 heterocycles. The fourth-order valence-electron chi connectivity index (χ4n) is 3.79. The Labute approximate surface area is 192 Å². The molecule has 0 saturated carbocycles. The van der Waals surface area contributed by atoms with Gasteiger partial charge in [0, 0.05) is 10.4 Å². The average Bonchev–Trinajstić information content (AvgIpc) is 3.52. The summed E-state index contributed by atoms with van der Waals surface area (Å²) < 4.78 is 7.19. The minimum Gasteiger partial charge on any atom is -0.430 e. The van der Waals surface area contributed by atoms with E-state index in [0.29, 0.717) is 16.6 Å².